The van der Waals surface area contributed by atoms with Crippen LogP contribution in [0.5, 0.6) is 0 Å². The third-order valence-electron chi connectivity index (χ3n) is 5.78. The fourth-order valence-electron chi connectivity index (χ4n) is 3.97. The van der Waals surface area contributed by atoms with E-state index in [-0.39, 0.29) is 5.91 Å². The van der Waals surface area contributed by atoms with Crippen LogP contribution in [0.25, 0.3) is 12.2 Å². The summed E-state index contributed by atoms with van der Waals surface area (Å²) in [5.74, 6) is 0.426. The Labute approximate surface area is 172 Å². The van der Waals surface area contributed by atoms with Crippen molar-refractivity contribution >= 4 is 23.7 Å². The van der Waals surface area contributed by atoms with Crippen molar-refractivity contribution in [2.45, 2.75) is 39.7 Å². The highest BCUT2D eigenvalue weighted by Crippen LogP contribution is 2.20. The van der Waals surface area contributed by atoms with E-state index in [4.69, 9.17) is 4.98 Å². The van der Waals surface area contributed by atoms with Crippen molar-refractivity contribution in [3.05, 3.63) is 69.9 Å². The summed E-state index contributed by atoms with van der Waals surface area (Å²) in [4.78, 5) is 19.9. The van der Waals surface area contributed by atoms with Crippen LogP contribution >= 0.6 is 0 Å². The van der Waals surface area contributed by atoms with Gasteiger partial charge in [0.15, 0.2) is 0 Å². The molecule has 1 aliphatic heterocycles. The minimum absolute atomic E-state index is 0.0748. The second-order valence-electron chi connectivity index (χ2n) is 8.11. The van der Waals surface area contributed by atoms with Gasteiger partial charge in [0, 0.05) is 30.5 Å². The van der Waals surface area contributed by atoms with E-state index in [1.165, 1.54) is 18.5 Å². The standard InChI is InChI=1S/C25H29N3O/c1-18-6-5-7-21-16-23(19(2)27-24(21)13-8-18)25(29)26-17-20-9-11-22(12-10-20)28-14-3-4-15-28/h5-7,9-13,16,18H,3-4,8,14-15,17H2,1-2H3,(H,26,29). The molecular weight excluding hydrogens is 358 g/mol. The molecule has 1 unspecified atom stereocenters. The van der Waals surface area contributed by atoms with E-state index in [0.717, 1.165) is 41.3 Å². The van der Waals surface area contributed by atoms with Crippen LogP contribution in [0, 0.1) is 12.8 Å². The van der Waals surface area contributed by atoms with Crippen molar-refractivity contribution in [3.63, 3.8) is 0 Å². The van der Waals surface area contributed by atoms with Gasteiger partial charge < -0.3 is 10.2 Å². The molecule has 1 aromatic heterocycles. The van der Waals surface area contributed by atoms with Gasteiger partial charge in [-0.15, -0.1) is 0 Å². The maximum atomic E-state index is 12.8. The molecule has 4 heteroatoms. The molecule has 1 saturated heterocycles. The van der Waals surface area contributed by atoms with Crippen molar-refractivity contribution in [1.82, 2.24) is 10.3 Å². The number of carbonyl (C=O) groups is 1. The van der Waals surface area contributed by atoms with Gasteiger partial charge in [-0.25, -0.2) is 0 Å². The summed E-state index contributed by atoms with van der Waals surface area (Å²) in [5.41, 5.74) is 3.79. The number of hydrogen-bond donors (Lipinski definition) is 1. The first-order valence-corrected chi connectivity index (χ1v) is 10.6. The molecular formula is C25H29N3O. The summed E-state index contributed by atoms with van der Waals surface area (Å²) in [6.45, 7) is 6.90. The minimum atomic E-state index is -0.0748. The van der Waals surface area contributed by atoms with E-state index in [1.54, 1.807) is 0 Å². The number of pyridine rings is 1. The lowest BCUT2D eigenvalue weighted by atomic mass is 10.0. The Morgan fingerprint density at radius 3 is 2.72 bits per heavy atom. The van der Waals surface area contributed by atoms with Crippen LogP contribution < -0.4 is 20.8 Å². The number of carbonyl (C=O) groups excluding carboxylic acids is 1. The maximum Gasteiger partial charge on any atom is 0.253 e. The fourth-order valence-corrected chi connectivity index (χ4v) is 3.97. The number of nitrogens with zero attached hydrogens (tertiary/aromatic N) is 2. The molecule has 0 radical (unpaired) electrons. The zero-order valence-corrected chi connectivity index (χ0v) is 17.3. The van der Waals surface area contributed by atoms with Gasteiger partial charge in [-0.1, -0.05) is 43.4 Å². The quantitative estimate of drug-likeness (QED) is 0.877. The van der Waals surface area contributed by atoms with Gasteiger partial charge in [0.05, 0.1) is 16.6 Å². The van der Waals surface area contributed by atoms with Gasteiger partial charge in [-0.05, 0) is 55.9 Å². The lowest BCUT2D eigenvalue weighted by Gasteiger charge is -2.17. The smallest absolute Gasteiger partial charge is 0.253 e. The molecule has 2 aliphatic rings. The number of allylic oxidation sites excluding steroid dienone is 2. The molecule has 29 heavy (non-hydrogen) atoms. The number of nitrogens with one attached hydrogen (secondary N) is 1. The first-order chi connectivity index (χ1) is 14.1. The highest BCUT2D eigenvalue weighted by molar-refractivity contribution is 5.95. The lowest BCUT2D eigenvalue weighted by molar-refractivity contribution is 0.0949. The Morgan fingerprint density at radius 2 is 1.97 bits per heavy atom. The Hall–Kier alpha value is -2.88. The summed E-state index contributed by atoms with van der Waals surface area (Å²) < 4.78 is 0. The molecule has 1 fully saturated rings. The number of aromatic nitrogens is 1. The first-order valence-electron chi connectivity index (χ1n) is 10.6. The number of hydrogen-bond acceptors (Lipinski definition) is 3. The molecule has 150 valence electrons. The summed E-state index contributed by atoms with van der Waals surface area (Å²) >= 11 is 0. The predicted molar refractivity (Wildman–Crippen MR) is 119 cm³/mol. The third-order valence-corrected chi connectivity index (χ3v) is 5.78. The topological polar surface area (TPSA) is 45.2 Å². The predicted octanol–water partition coefficient (Wildman–Crippen LogP) is 3.08. The van der Waals surface area contributed by atoms with E-state index in [9.17, 15) is 4.79 Å². The second kappa shape index (κ2) is 8.64. The Balaban J connectivity index is 1.47. The van der Waals surface area contributed by atoms with E-state index >= 15 is 0 Å². The SMILES string of the molecule is Cc1nc2c(cc1C(=O)NCc1ccc(N3CCCC3)cc1)=CC=CC(C)CC=2. The Bertz CT molecular complexity index is 1030. The van der Waals surface area contributed by atoms with Gasteiger partial charge in [0.1, 0.15) is 0 Å². The van der Waals surface area contributed by atoms with Crippen molar-refractivity contribution in [2.75, 3.05) is 18.0 Å². The highest BCUT2D eigenvalue weighted by atomic mass is 16.1. The number of aryl methyl sites for hydroxylation is 1. The first kappa shape index (κ1) is 19.4. The van der Waals surface area contributed by atoms with Crippen LogP contribution in [0.3, 0.4) is 0 Å². The van der Waals surface area contributed by atoms with E-state index in [1.807, 2.05) is 19.1 Å². The lowest BCUT2D eigenvalue weighted by Crippen LogP contribution is -2.34. The average molecular weight is 388 g/mol. The van der Waals surface area contributed by atoms with Crippen LogP contribution in [0.2, 0.25) is 0 Å². The summed E-state index contributed by atoms with van der Waals surface area (Å²) in [6.07, 6.45) is 12.0. The zero-order chi connectivity index (χ0) is 20.2. The van der Waals surface area contributed by atoms with Crippen molar-refractivity contribution in [1.29, 1.82) is 0 Å². The fraction of sp³-hybridized carbons (Fsp3) is 0.360. The zero-order valence-electron chi connectivity index (χ0n) is 17.3. The van der Waals surface area contributed by atoms with Gasteiger partial charge in [-0.2, -0.15) is 0 Å². The molecule has 1 aromatic carbocycles. The Morgan fingerprint density at radius 1 is 1.21 bits per heavy atom. The van der Waals surface area contributed by atoms with Crippen LogP contribution in [0.1, 0.15) is 47.8 Å². The van der Waals surface area contributed by atoms with Crippen LogP contribution in [-0.2, 0) is 6.54 Å². The molecule has 1 aliphatic carbocycles. The second-order valence-corrected chi connectivity index (χ2v) is 8.11. The van der Waals surface area contributed by atoms with Crippen LogP contribution in [0.4, 0.5) is 5.69 Å². The van der Waals surface area contributed by atoms with Crippen LogP contribution in [0.15, 0.2) is 42.5 Å². The summed E-state index contributed by atoms with van der Waals surface area (Å²) in [6, 6.07) is 10.5. The number of rotatable bonds is 4. The summed E-state index contributed by atoms with van der Waals surface area (Å²) in [7, 11) is 0. The largest absolute Gasteiger partial charge is 0.372 e. The van der Waals surface area contributed by atoms with Gasteiger partial charge >= 0.3 is 0 Å². The van der Waals surface area contributed by atoms with Crippen molar-refractivity contribution in [3.8, 4) is 0 Å². The third kappa shape index (κ3) is 4.58. The van der Waals surface area contributed by atoms with Gasteiger partial charge in [0.25, 0.3) is 5.91 Å². The van der Waals surface area contributed by atoms with E-state index in [2.05, 4.69) is 59.6 Å². The molecule has 0 saturated carbocycles. The van der Waals surface area contributed by atoms with Gasteiger partial charge in [0.2, 0.25) is 0 Å². The molecule has 0 spiro atoms. The van der Waals surface area contributed by atoms with E-state index in [0.29, 0.717) is 18.0 Å². The monoisotopic (exact) mass is 387 g/mol. The number of anilines is 1. The highest BCUT2D eigenvalue weighted by Gasteiger charge is 2.13. The van der Waals surface area contributed by atoms with Gasteiger partial charge in [-0.3, -0.25) is 9.78 Å². The minimum Gasteiger partial charge on any atom is -0.372 e. The molecule has 2 aromatic rings. The molecule has 1 amide bonds. The normalized spacial score (nSPS) is 18.3. The molecule has 1 atom stereocenters. The Kier molecular flexibility index (Phi) is 5.79. The van der Waals surface area contributed by atoms with E-state index < -0.39 is 0 Å². The maximum absolute atomic E-state index is 12.8. The van der Waals surface area contributed by atoms with Crippen molar-refractivity contribution in [2.24, 2.45) is 5.92 Å². The molecule has 1 N–H and O–H groups in total. The van der Waals surface area contributed by atoms with Crippen LogP contribution in [-0.4, -0.2) is 24.0 Å². The van der Waals surface area contributed by atoms with Crippen molar-refractivity contribution < 1.29 is 4.79 Å². The number of benzene rings is 1. The molecule has 4 rings (SSSR count). The molecule has 4 nitrogen and oxygen atoms in total. The average Bonchev–Trinajstić information content (AvgIpc) is 3.25. The molecule has 2 heterocycles. The number of amides is 1. The number of fused-ring (bicyclic) bond motifs is 1. The molecule has 0 bridgehead atoms. The summed E-state index contributed by atoms with van der Waals surface area (Å²) in [5, 5.41) is 5.02.